The summed E-state index contributed by atoms with van der Waals surface area (Å²) >= 11 is 18.7. The number of halogens is 2. The summed E-state index contributed by atoms with van der Waals surface area (Å²) in [6, 6.07) is 14.5. The first-order valence-electron chi connectivity index (χ1n) is 8.50. The lowest BCUT2D eigenvalue weighted by atomic mass is 10.2. The molecule has 0 unspecified atom stereocenters. The number of amides is 1. The number of anilines is 1. The van der Waals surface area contributed by atoms with Gasteiger partial charge in [-0.15, -0.1) is 0 Å². The molecule has 150 valence electrons. The molecule has 1 aromatic heterocycles. The number of nitrogens with zero attached hydrogens (tertiary/aromatic N) is 1. The highest BCUT2D eigenvalue weighted by atomic mass is 35.5. The van der Waals surface area contributed by atoms with E-state index in [0.717, 1.165) is 11.8 Å². The molecule has 0 radical (unpaired) electrons. The minimum atomic E-state index is -1.04. The fourth-order valence-electron chi connectivity index (χ4n) is 2.83. The van der Waals surface area contributed by atoms with Crippen molar-refractivity contribution in [1.29, 1.82) is 0 Å². The second kappa shape index (κ2) is 8.28. The number of hydrogen-bond donors (Lipinski definition) is 1. The Balaban J connectivity index is 1.60. The zero-order chi connectivity index (χ0) is 21.4. The molecule has 0 atom stereocenters. The Labute approximate surface area is 190 Å². The van der Waals surface area contributed by atoms with Crippen LogP contribution < -0.4 is 4.90 Å². The number of carbonyl (C=O) groups excluding carboxylic acids is 1. The van der Waals surface area contributed by atoms with Gasteiger partial charge < -0.3 is 9.52 Å². The number of aromatic carboxylic acids is 1. The first kappa shape index (κ1) is 20.7. The Hall–Kier alpha value is -2.58. The molecule has 2 aromatic carbocycles. The Kier molecular flexibility index (Phi) is 5.71. The molecule has 1 saturated heterocycles. The lowest BCUT2D eigenvalue weighted by Crippen LogP contribution is -2.27. The maximum Gasteiger partial charge on any atom is 0.335 e. The number of furan rings is 1. The van der Waals surface area contributed by atoms with Gasteiger partial charge >= 0.3 is 5.97 Å². The second-order valence-electron chi connectivity index (χ2n) is 6.20. The molecule has 0 saturated carbocycles. The maximum atomic E-state index is 12.9. The summed E-state index contributed by atoms with van der Waals surface area (Å²) < 4.78 is 6.17. The van der Waals surface area contributed by atoms with Crippen molar-refractivity contribution in [2.24, 2.45) is 0 Å². The van der Waals surface area contributed by atoms with Crippen LogP contribution in [0.4, 0.5) is 5.69 Å². The predicted molar refractivity (Wildman–Crippen MR) is 123 cm³/mol. The van der Waals surface area contributed by atoms with Crippen LogP contribution >= 0.6 is 47.2 Å². The van der Waals surface area contributed by atoms with Crippen LogP contribution in [-0.2, 0) is 4.79 Å². The smallest absolute Gasteiger partial charge is 0.335 e. The summed E-state index contributed by atoms with van der Waals surface area (Å²) in [6.45, 7) is 0. The molecule has 0 spiro atoms. The van der Waals surface area contributed by atoms with E-state index in [0.29, 0.717) is 42.0 Å². The van der Waals surface area contributed by atoms with E-state index in [2.05, 4.69) is 0 Å². The summed E-state index contributed by atoms with van der Waals surface area (Å²) in [5.74, 6) is -0.372. The largest absolute Gasteiger partial charge is 0.478 e. The van der Waals surface area contributed by atoms with Crippen LogP contribution in [0.2, 0.25) is 10.0 Å². The number of thioether (sulfide) groups is 1. The summed E-state index contributed by atoms with van der Waals surface area (Å²) in [7, 11) is 0. The maximum absolute atomic E-state index is 12.9. The highest BCUT2D eigenvalue weighted by Gasteiger charge is 2.33. The number of hydrogen-bond acceptors (Lipinski definition) is 5. The van der Waals surface area contributed by atoms with Crippen LogP contribution in [-0.4, -0.2) is 21.3 Å². The van der Waals surface area contributed by atoms with E-state index in [1.807, 2.05) is 0 Å². The highest BCUT2D eigenvalue weighted by molar-refractivity contribution is 8.27. The Morgan fingerprint density at radius 3 is 2.53 bits per heavy atom. The Morgan fingerprint density at radius 2 is 1.83 bits per heavy atom. The van der Waals surface area contributed by atoms with Crippen LogP contribution in [0, 0.1) is 0 Å². The lowest BCUT2D eigenvalue weighted by Gasteiger charge is -2.14. The van der Waals surface area contributed by atoms with E-state index < -0.39 is 5.97 Å². The number of carboxylic acid groups (broad SMARTS) is 1. The first-order valence-corrected chi connectivity index (χ1v) is 10.5. The van der Waals surface area contributed by atoms with E-state index in [4.69, 9.17) is 44.9 Å². The van der Waals surface area contributed by atoms with Crippen molar-refractivity contribution in [2.45, 2.75) is 0 Å². The van der Waals surface area contributed by atoms with Crippen molar-refractivity contribution < 1.29 is 19.1 Å². The quantitative estimate of drug-likeness (QED) is 0.349. The molecule has 1 aliphatic rings. The molecular weight excluding hydrogens is 465 g/mol. The van der Waals surface area contributed by atoms with E-state index in [1.54, 1.807) is 48.5 Å². The van der Waals surface area contributed by atoms with Gasteiger partial charge in [0.1, 0.15) is 11.5 Å². The van der Waals surface area contributed by atoms with Crippen molar-refractivity contribution in [3.8, 4) is 11.3 Å². The molecule has 30 heavy (non-hydrogen) atoms. The Bertz CT molecular complexity index is 1220. The average Bonchev–Trinajstić information content (AvgIpc) is 3.28. The fraction of sp³-hybridized carbons (Fsp3) is 0. The van der Waals surface area contributed by atoms with Gasteiger partial charge in [0.25, 0.3) is 5.91 Å². The zero-order valence-electron chi connectivity index (χ0n) is 15.0. The van der Waals surface area contributed by atoms with Crippen molar-refractivity contribution in [3.05, 3.63) is 80.9 Å². The lowest BCUT2D eigenvalue weighted by molar-refractivity contribution is -0.113. The third-order valence-electron chi connectivity index (χ3n) is 4.26. The van der Waals surface area contributed by atoms with E-state index in [9.17, 15) is 9.59 Å². The molecule has 1 amide bonds. The normalized spacial score (nSPS) is 15.3. The van der Waals surface area contributed by atoms with Gasteiger partial charge in [-0.25, -0.2) is 4.79 Å². The highest BCUT2D eigenvalue weighted by Crippen LogP contribution is 2.37. The predicted octanol–water partition coefficient (Wildman–Crippen LogP) is 6.36. The molecule has 1 aliphatic heterocycles. The molecule has 2 heterocycles. The van der Waals surface area contributed by atoms with E-state index in [-0.39, 0.29) is 11.5 Å². The van der Waals surface area contributed by atoms with Gasteiger partial charge in [0.2, 0.25) is 0 Å². The van der Waals surface area contributed by atoms with Gasteiger partial charge in [0, 0.05) is 16.7 Å². The van der Waals surface area contributed by atoms with Crippen LogP contribution in [0.1, 0.15) is 16.1 Å². The third kappa shape index (κ3) is 4.02. The van der Waals surface area contributed by atoms with Gasteiger partial charge in [-0.1, -0.05) is 47.2 Å². The van der Waals surface area contributed by atoms with Crippen LogP contribution in [0.5, 0.6) is 0 Å². The average molecular weight is 476 g/mol. The number of thiocarbonyl (C=S) groups is 1. The molecule has 9 heteroatoms. The monoisotopic (exact) mass is 475 g/mol. The molecule has 5 nitrogen and oxygen atoms in total. The topological polar surface area (TPSA) is 70.8 Å². The molecule has 1 N–H and O–H groups in total. The molecule has 0 bridgehead atoms. The molecule has 4 rings (SSSR count). The minimum absolute atomic E-state index is 0.127. The van der Waals surface area contributed by atoms with Crippen LogP contribution in [0.25, 0.3) is 17.4 Å². The minimum Gasteiger partial charge on any atom is -0.478 e. The van der Waals surface area contributed by atoms with Gasteiger partial charge in [0.05, 0.1) is 21.2 Å². The van der Waals surface area contributed by atoms with Crippen molar-refractivity contribution in [1.82, 2.24) is 0 Å². The first-order chi connectivity index (χ1) is 14.3. The molecule has 0 aliphatic carbocycles. The van der Waals surface area contributed by atoms with E-state index >= 15 is 0 Å². The summed E-state index contributed by atoms with van der Waals surface area (Å²) in [6.07, 6.45) is 1.60. The second-order valence-corrected chi connectivity index (χ2v) is 8.71. The number of carbonyl (C=O) groups is 2. The van der Waals surface area contributed by atoms with Crippen LogP contribution in [0.3, 0.4) is 0 Å². The van der Waals surface area contributed by atoms with E-state index in [1.165, 1.54) is 17.0 Å². The standard InChI is InChI=1S/C21H11Cl2NO4S2/c22-12-3-7-16(23)15(9-12)17-8-6-14(28-17)10-18-19(25)24(21(29)30-18)13-4-1-11(2-5-13)20(26)27/h1-10H,(H,26,27)/b18-10+. The summed E-state index contributed by atoms with van der Waals surface area (Å²) in [5.41, 5.74) is 1.27. The number of benzene rings is 2. The number of rotatable bonds is 4. The van der Waals surface area contributed by atoms with Gasteiger partial charge in [0.15, 0.2) is 4.32 Å². The fourth-order valence-corrected chi connectivity index (χ4v) is 4.50. The molecule has 1 fully saturated rings. The van der Waals surface area contributed by atoms with Gasteiger partial charge in [-0.2, -0.15) is 0 Å². The van der Waals surface area contributed by atoms with Crippen molar-refractivity contribution in [2.75, 3.05) is 4.90 Å². The van der Waals surface area contributed by atoms with Crippen LogP contribution in [0.15, 0.2) is 63.9 Å². The van der Waals surface area contributed by atoms with Gasteiger partial charge in [-0.05, 0) is 54.6 Å². The number of carboxylic acids is 1. The van der Waals surface area contributed by atoms with Crippen molar-refractivity contribution >= 4 is 75.1 Å². The SMILES string of the molecule is O=C(O)c1ccc(N2C(=O)/C(=C\c3ccc(-c4cc(Cl)ccc4Cl)o3)SC2=S)cc1. The molecule has 3 aromatic rings. The molecular formula is C21H11Cl2NO4S2. The van der Waals surface area contributed by atoms with Crippen molar-refractivity contribution in [3.63, 3.8) is 0 Å². The Morgan fingerprint density at radius 1 is 1.10 bits per heavy atom. The third-order valence-corrected chi connectivity index (χ3v) is 6.13. The summed E-state index contributed by atoms with van der Waals surface area (Å²) in [5, 5.41) is 10.0. The van der Waals surface area contributed by atoms with Gasteiger partial charge in [-0.3, -0.25) is 9.69 Å². The summed E-state index contributed by atoms with van der Waals surface area (Å²) in [4.78, 5) is 25.6. The zero-order valence-corrected chi connectivity index (χ0v) is 18.1.